The van der Waals surface area contributed by atoms with E-state index >= 15 is 0 Å². The minimum absolute atomic E-state index is 0.341. The van der Waals surface area contributed by atoms with Crippen molar-refractivity contribution in [3.63, 3.8) is 0 Å². The van der Waals surface area contributed by atoms with Crippen LogP contribution in [0, 0.1) is 0 Å². The third kappa shape index (κ3) is 4.26. The van der Waals surface area contributed by atoms with E-state index in [4.69, 9.17) is 17.6 Å². The number of aromatic nitrogens is 4. The average Bonchev–Trinajstić information content (AvgIpc) is 3.30. The largest absolute Gasteiger partial charge is 0.378 e. The first kappa shape index (κ1) is 20.0. The number of nitrogens with zero attached hydrogens (tertiary/aromatic N) is 4. The lowest BCUT2D eigenvalue weighted by atomic mass is 9.96. The number of carbonyl (C=O) groups excluding carboxylic acids is 1. The van der Waals surface area contributed by atoms with E-state index in [2.05, 4.69) is 30.5 Å². The number of nitrogens with one attached hydrogen (secondary N) is 3. The van der Waals surface area contributed by atoms with E-state index in [9.17, 15) is 4.79 Å². The number of hydrogen-bond donors (Lipinski definition) is 3. The van der Waals surface area contributed by atoms with Gasteiger partial charge in [-0.15, -0.1) is 0 Å². The van der Waals surface area contributed by atoms with Crippen molar-refractivity contribution in [1.29, 1.82) is 0 Å². The zero-order chi connectivity index (χ0) is 21.9. The molecule has 0 aliphatic carbocycles. The normalized spacial score (nSPS) is 13.8. The molecule has 158 valence electrons. The fraction of sp³-hybridized carbons (Fsp3) is 0.182. The lowest BCUT2D eigenvalue weighted by Crippen LogP contribution is -2.37. The van der Waals surface area contributed by atoms with Crippen LogP contribution >= 0.6 is 0 Å². The molecule has 4 aromatic rings. The Morgan fingerprint density at radius 2 is 1.62 bits per heavy atom. The first-order valence-electron chi connectivity index (χ1n) is 10.2. The summed E-state index contributed by atoms with van der Waals surface area (Å²) in [7, 11) is 5.67. The number of carbonyl (C=O) groups is 1. The summed E-state index contributed by atoms with van der Waals surface area (Å²) in [4.78, 5) is 31.3. The van der Waals surface area contributed by atoms with Crippen LogP contribution in [-0.4, -0.2) is 60.1 Å². The molecule has 2 amide bonds. The van der Waals surface area contributed by atoms with Crippen LogP contribution in [0.3, 0.4) is 0 Å². The second-order valence-electron chi connectivity index (χ2n) is 7.35. The number of urea groups is 1. The molecule has 3 N–H and O–H groups in total. The summed E-state index contributed by atoms with van der Waals surface area (Å²) in [6, 6.07) is 14.0. The van der Waals surface area contributed by atoms with E-state index in [0.29, 0.717) is 41.5 Å². The zero-order valence-corrected chi connectivity index (χ0v) is 17.2. The monoisotopic (exact) mass is 425 g/mol. The number of imidazole rings is 1. The SMILES string of the molecule is [B]c1ccc(NC(=O)Nc2ccc(-c3nc(N4CCOCC4)c4[nH]cnc4n3)cc2)cc1. The van der Waals surface area contributed by atoms with Gasteiger partial charge in [0, 0.05) is 30.0 Å². The number of aromatic amines is 1. The standard InChI is InChI=1S/C22H20BN7O2/c23-15-3-7-17(8-4-15)27-22(31)26-16-5-1-14(2-6-16)19-28-20-18(24-13-25-20)21(29-19)30-9-11-32-12-10-30/h1-8,13H,9-12H2,(H2,26,27,31)(H,24,25,28,29). The maximum Gasteiger partial charge on any atom is 0.323 e. The van der Waals surface area contributed by atoms with Gasteiger partial charge in [-0.3, -0.25) is 0 Å². The Hall–Kier alpha value is -3.92. The summed E-state index contributed by atoms with van der Waals surface area (Å²) >= 11 is 0. The molecule has 5 rings (SSSR count). The number of hydrogen-bond acceptors (Lipinski definition) is 6. The van der Waals surface area contributed by atoms with Crippen LogP contribution in [-0.2, 0) is 4.74 Å². The van der Waals surface area contributed by atoms with Gasteiger partial charge in [-0.1, -0.05) is 17.6 Å². The number of amides is 2. The molecule has 2 aromatic carbocycles. The number of rotatable bonds is 4. The van der Waals surface area contributed by atoms with Gasteiger partial charge in [0.1, 0.15) is 13.4 Å². The summed E-state index contributed by atoms with van der Waals surface area (Å²) in [5.41, 5.74) is 4.20. The summed E-state index contributed by atoms with van der Waals surface area (Å²) in [5, 5.41) is 5.58. The van der Waals surface area contributed by atoms with Gasteiger partial charge >= 0.3 is 6.03 Å². The molecule has 0 unspecified atom stereocenters. The fourth-order valence-corrected chi connectivity index (χ4v) is 3.51. The van der Waals surface area contributed by atoms with Gasteiger partial charge in [0.05, 0.1) is 19.5 Å². The molecule has 1 fully saturated rings. The van der Waals surface area contributed by atoms with Gasteiger partial charge in [0.2, 0.25) is 0 Å². The van der Waals surface area contributed by atoms with Crippen molar-refractivity contribution < 1.29 is 9.53 Å². The summed E-state index contributed by atoms with van der Waals surface area (Å²) in [5.74, 6) is 1.39. The van der Waals surface area contributed by atoms with Crippen molar-refractivity contribution in [3.05, 3.63) is 54.9 Å². The number of ether oxygens (including phenoxy) is 1. The smallest absolute Gasteiger partial charge is 0.323 e. The molecule has 1 saturated heterocycles. The third-order valence-electron chi connectivity index (χ3n) is 5.15. The summed E-state index contributed by atoms with van der Waals surface area (Å²) in [6.45, 7) is 2.84. The van der Waals surface area contributed by atoms with Crippen LogP contribution in [0.4, 0.5) is 22.0 Å². The second-order valence-corrected chi connectivity index (χ2v) is 7.35. The van der Waals surface area contributed by atoms with E-state index in [1.807, 2.05) is 24.3 Å². The molecule has 3 heterocycles. The number of anilines is 3. The van der Waals surface area contributed by atoms with Crippen molar-refractivity contribution >= 4 is 47.7 Å². The maximum absolute atomic E-state index is 12.3. The molecule has 0 bridgehead atoms. The lowest BCUT2D eigenvalue weighted by Gasteiger charge is -2.28. The number of fused-ring (bicyclic) bond motifs is 1. The maximum atomic E-state index is 12.3. The summed E-state index contributed by atoms with van der Waals surface area (Å²) < 4.78 is 5.46. The predicted octanol–water partition coefficient (Wildman–Crippen LogP) is 2.29. The highest BCUT2D eigenvalue weighted by Gasteiger charge is 2.19. The van der Waals surface area contributed by atoms with Crippen molar-refractivity contribution in [2.24, 2.45) is 0 Å². The number of benzene rings is 2. The Balaban J connectivity index is 1.34. The third-order valence-corrected chi connectivity index (χ3v) is 5.15. The minimum atomic E-state index is -0.341. The Morgan fingerprint density at radius 3 is 2.31 bits per heavy atom. The molecule has 0 spiro atoms. The van der Waals surface area contributed by atoms with Crippen LogP contribution in [0.1, 0.15) is 0 Å². The highest BCUT2D eigenvalue weighted by Crippen LogP contribution is 2.27. The quantitative estimate of drug-likeness (QED) is 0.433. The van der Waals surface area contributed by atoms with Gasteiger partial charge in [0.15, 0.2) is 17.3 Å². The Labute approximate surface area is 185 Å². The Bertz CT molecular complexity index is 1240. The first-order chi connectivity index (χ1) is 15.7. The lowest BCUT2D eigenvalue weighted by molar-refractivity contribution is 0.122. The molecule has 0 atom stereocenters. The van der Waals surface area contributed by atoms with E-state index in [1.165, 1.54) is 0 Å². The second kappa shape index (κ2) is 8.68. The highest BCUT2D eigenvalue weighted by atomic mass is 16.5. The van der Waals surface area contributed by atoms with Crippen molar-refractivity contribution in [2.45, 2.75) is 0 Å². The van der Waals surface area contributed by atoms with Gasteiger partial charge in [0.25, 0.3) is 0 Å². The average molecular weight is 425 g/mol. The molecular weight excluding hydrogens is 405 g/mol. The summed E-state index contributed by atoms with van der Waals surface area (Å²) in [6.07, 6.45) is 1.62. The molecule has 2 aromatic heterocycles. The Kier molecular flexibility index (Phi) is 5.43. The molecular formula is C22H20BN7O2. The van der Waals surface area contributed by atoms with E-state index in [1.54, 1.807) is 30.6 Å². The highest BCUT2D eigenvalue weighted by molar-refractivity contribution is 6.32. The van der Waals surface area contributed by atoms with E-state index in [-0.39, 0.29) is 6.03 Å². The van der Waals surface area contributed by atoms with Crippen molar-refractivity contribution in [1.82, 2.24) is 19.9 Å². The molecule has 10 heteroatoms. The van der Waals surface area contributed by atoms with E-state index in [0.717, 1.165) is 30.0 Å². The minimum Gasteiger partial charge on any atom is -0.378 e. The van der Waals surface area contributed by atoms with Crippen LogP contribution in [0.5, 0.6) is 0 Å². The number of H-pyrrole nitrogens is 1. The topological polar surface area (TPSA) is 108 Å². The molecule has 0 saturated carbocycles. The van der Waals surface area contributed by atoms with Crippen LogP contribution in [0.15, 0.2) is 54.9 Å². The molecule has 9 nitrogen and oxygen atoms in total. The van der Waals surface area contributed by atoms with Crippen molar-refractivity contribution in [2.75, 3.05) is 41.8 Å². The number of morpholine rings is 1. The zero-order valence-electron chi connectivity index (χ0n) is 17.2. The van der Waals surface area contributed by atoms with E-state index < -0.39 is 0 Å². The van der Waals surface area contributed by atoms with Crippen molar-refractivity contribution in [3.8, 4) is 11.4 Å². The van der Waals surface area contributed by atoms with Gasteiger partial charge in [-0.25, -0.2) is 19.7 Å². The van der Waals surface area contributed by atoms with Crippen LogP contribution < -0.4 is 21.0 Å². The predicted molar refractivity (Wildman–Crippen MR) is 125 cm³/mol. The molecule has 1 aliphatic rings. The first-order valence-corrected chi connectivity index (χ1v) is 10.2. The van der Waals surface area contributed by atoms with Crippen LogP contribution in [0.25, 0.3) is 22.6 Å². The fourth-order valence-electron chi connectivity index (χ4n) is 3.51. The van der Waals surface area contributed by atoms with Gasteiger partial charge in [-0.05, 0) is 36.4 Å². The van der Waals surface area contributed by atoms with Gasteiger partial charge in [-0.2, -0.15) is 0 Å². The van der Waals surface area contributed by atoms with Crippen LogP contribution in [0.2, 0.25) is 0 Å². The molecule has 1 aliphatic heterocycles. The Morgan fingerprint density at radius 1 is 0.969 bits per heavy atom. The molecule has 2 radical (unpaired) electrons. The van der Waals surface area contributed by atoms with Gasteiger partial charge < -0.3 is 25.3 Å². The molecule has 32 heavy (non-hydrogen) atoms.